The quantitative estimate of drug-likeness (QED) is 0.591. The Kier molecular flexibility index (Phi) is 5.45. The van der Waals surface area contributed by atoms with Crippen LogP contribution in [0.25, 0.3) is 11.0 Å². The molecule has 0 radical (unpaired) electrons. The zero-order chi connectivity index (χ0) is 21.4. The van der Waals surface area contributed by atoms with Crippen LogP contribution < -0.4 is 10.5 Å². The number of aromatic hydroxyl groups is 1. The molecule has 0 aliphatic carbocycles. The lowest BCUT2D eigenvalue weighted by molar-refractivity contribution is 0.246. The molecule has 0 spiro atoms. The molecule has 9 heteroatoms. The van der Waals surface area contributed by atoms with Gasteiger partial charge in [0.15, 0.2) is 11.6 Å². The molecule has 0 atom stereocenters. The van der Waals surface area contributed by atoms with E-state index in [1.54, 1.807) is 31.3 Å². The Morgan fingerprint density at radius 2 is 1.97 bits per heavy atom. The van der Waals surface area contributed by atoms with Crippen molar-refractivity contribution in [3.05, 3.63) is 62.2 Å². The number of nitriles is 1. The van der Waals surface area contributed by atoms with Crippen LogP contribution in [0, 0.1) is 17.1 Å². The maximum Gasteiger partial charge on any atom is 0.270 e. The van der Waals surface area contributed by atoms with Gasteiger partial charge in [0.05, 0.1) is 11.2 Å². The van der Waals surface area contributed by atoms with Crippen molar-refractivity contribution in [1.29, 1.82) is 5.26 Å². The van der Waals surface area contributed by atoms with Gasteiger partial charge in [0.2, 0.25) is 0 Å². The highest BCUT2D eigenvalue weighted by molar-refractivity contribution is 9.10. The molecule has 0 unspecified atom stereocenters. The highest BCUT2D eigenvalue weighted by Crippen LogP contribution is 2.30. The molecular weight excluding hydrogens is 453 g/mol. The zero-order valence-electron chi connectivity index (χ0n) is 16.3. The lowest BCUT2D eigenvalue weighted by Gasteiger charge is -2.36. The maximum atomic E-state index is 13.6. The molecule has 1 N–H and O–H groups in total. The molecule has 4 rings (SSSR count). The van der Waals surface area contributed by atoms with Gasteiger partial charge in [0.25, 0.3) is 5.56 Å². The maximum absolute atomic E-state index is 13.6. The summed E-state index contributed by atoms with van der Waals surface area (Å²) in [5, 5.41) is 19.6. The Labute approximate surface area is 180 Å². The van der Waals surface area contributed by atoms with Crippen molar-refractivity contribution < 1.29 is 9.50 Å². The van der Waals surface area contributed by atoms with Gasteiger partial charge in [-0.05, 0) is 34.1 Å². The number of phenolic OH excluding ortho intramolecular Hbond substituents is 1. The molecule has 1 aliphatic rings. The average Bonchev–Trinajstić information content (AvgIpc) is 2.74. The molecular formula is C21H19BrFN5O2. The second kappa shape index (κ2) is 8.05. The third-order valence-electron chi connectivity index (χ3n) is 5.45. The van der Waals surface area contributed by atoms with Gasteiger partial charge < -0.3 is 14.6 Å². The summed E-state index contributed by atoms with van der Waals surface area (Å²) in [5.41, 5.74) is 2.06. The van der Waals surface area contributed by atoms with Crippen molar-refractivity contribution >= 4 is 32.7 Å². The Morgan fingerprint density at radius 1 is 1.23 bits per heavy atom. The molecule has 3 heterocycles. The number of phenols is 1. The third kappa shape index (κ3) is 3.53. The predicted molar refractivity (Wildman–Crippen MR) is 115 cm³/mol. The van der Waals surface area contributed by atoms with Gasteiger partial charge in [-0.2, -0.15) is 5.26 Å². The standard InChI is InChI=1S/C21H19BrFN5O2/c1-26-16-5-6-17(22)25-18(16)19(14(11-24)21(26)30)28-9-7-27(8-10-28)12-13-3-2-4-15(23)20(13)29/h2-6,29H,7-10,12H2,1H3. The van der Waals surface area contributed by atoms with E-state index in [4.69, 9.17) is 0 Å². The fourth-order valence-electron chi connectivity index (χ4n) is 3.84. The molecule has 0 amide bonds. The van der Waals surface area contributed by atoms with Gasteiger partial charge in [-0.3, -0.25) is 9.69 Å². The number of rotatable bonds is 3. The lowest BCUT2D eigenvalue weighted by atomic mass is 10.1. The van der Waals surface area contributed by atoms with E-state index < -0.39 is 5.82 Å². The molecule has 0 bridgehead atoms. The summed E-state index contributed by atoms with van der Waals surface area (Å²) in [6.07, 6.45) is 0. The minimum Gasteiger partial charge on any atom is -0.505 e. The molecule has 1 saturated heterocycles. The number of aromatic nitrogens is 2. The van der Waals surface area contributed by atoms with Gasteiger partial charge in [-0.25, -0.2) is 9.37 Å². The summed E-state index contributed by atoms with van der Waals surface area (Å²) in [6, 6.07) is 10.1. The molecule has 2 aromatic heterocycles. The Hall–Kier alpha value is -2.96. The van der Waals surface area contributed by atoms with Crippen molar-refractivity contribution in [3.63, 3.8) is 0 Å². The van der Waals surface area contributed by atoms with Crippen molar-refractivity contribution in [2.75, 3.05) is 31.1 Å². The summed E-state index contributed by atoms with van der Waals surface area (Å²) in [7, 11) is 1.63. The molecule has 1 aliphatic heterocycles. The second-order valence-electron chi connectivity index (χ2n) is 7.21. The van der Waals surface area contributed by atoms with E-state index in [1.807, 2.05) is 4.90 Å². The van der Waals surface area contributed by atoms with Crippen LogP contribution in [-0.4, -0.2) is 45.7 Å². The van der Waals surface area contributed by atoms with Gasteiger partial charge in [-0.15, -0.1) is 0 Å². The summed E-state index contributed by atoms with van der Waals surface area (Å²) in [5.74, 6) is -0.952. The molecule has 30 heavy (non-hydrogen) atoms. The normalized spacial score (nSPS) is 14.8. The summed E-state index contributed by atoms with van der Waals surface area (Å²) in [4.78, 5) is 21.4. The van der Waals surface area contributed by atoms with Crippen LogP contribution in [0.4, 0.5) is 10.1 Å². The number of halogens is 2. The van der Waals surface area contributed by atoms with Crippen molar-refractivity contribution in [2.24, 2.45) is 7.05 Å². The first-order valence-electron chi connectivity index (χ1n) is 9.43. The molecule has 3 aromatic rings. The molecule has 1 fully saturated rings. The van der Waals surface area contributed by atoms with Gasteiger partial charge in [0, 0.05) is 45.3 Å². The van der Waals surface area contributed by atoms with Crippen LogP contribution in [0.5, 0.6) is 5.75 Å². The van der Waals surface area contributed by atoms with Gasteiger partial charge in [0.1, 0.15) is 21.8 Å². The van der Waals surface area contributed by atoms with E-state index in [2.05, 4.69) is 31.9 Å². The minimum absolute atomic E-state index is 0.0758. The number of hydrogen-bond donors (Lipinski definition) is 1. The summed E-state index contributed by atoms with van der Waals surface area (Å²) < 4.78 is 15.7. The van der Waals surface area contributed by atoms with E-state index in [-0.39, 0.29) is 16.9 Å². The van der Waals surface area contributed by atoms with Crippen LogP contribution in [0.1, 0.15) is 11.1 Å². The molecule has 0 saturated carbocycles. The Bertz CT molecular complexity index is 1230. The first kappa shape index (κ1) is 20.3. The molecule has 7 nitrogen and oxygen atoms in total. The van der Waals surface area contributed by atoms with Crippen LogP contribution in [0.3, 0.4) is 0 Å². The SMILES string of the molecule is Cn1c(=O)c(C#N)c(N2CCN(Cc3cccc(F)c3O)CC2)c2nc(Br)ccc21. The fourth-order valence-corrected chi connectivity index (χ4v) is 4.15. The molecule has 1 aromatic carbocycles. The number of nitrogens with zero attached hydrogens (tertiary/aromatic N) is 5. The van der Waals surface area contributed by atoms with Crippen LogP contribution in [0.2, 0.25) is 0 Å². The first-order valence-corrected chi connectivity index (χ1v) is 10.2. The summed E-state index contributed by atoms with van der Waals surface area (Å²) in [6.45, 7) is 2.82. The number of pyridine rings is 2. The number of para-hydroxylation sites is 1. The average molecular weight is 472 g/mol. The monoisotopic (exact) mass is 471 g/mol. The van der Waals surface area contributed by atoms with Crippen molar-refractivity contribution in [3.8, 4) is 11.8 Å². The number of hydrogen-bond acceptors (Lipinski definition) is 6. The van der Waals surface area contributed by atoms with Crippen LogP contribution >= 0.6 is 15.9 Å². The fraction of sp³-hybridized carbons (Fsp3) is 0.286. The number of anilines is 1. The van der Waals surface area contributed by atoms with Crippen molar-refractivity contribution in [1.82, 2.24) is 14.5 Å². The zero-order valence-corrected chi connectivity index (χ0v) is 17.9. The van der Waals surface area contributed by atoms with Crippen LogP contribution in [0.15, 0.2) is 39.7 Å². The Morgan fingerprint density at radius 3 is 2.67 bits per heavy atom. The Balaban J connectivity index is 1.64. The number of fused-ring (bicyclic) bond motifs is 1. The highest BCUT2D eigenvalue weighted by atomic mass is 79.9. The van der Waals surface area contributed by atoms with E-state index in [0.717, 1.165) is 0 Å². The predicted octanol–water partition coefficient (Wildman–Crippen LogP) is 2.73. The third-order valence-corrected chi connectivity index (χ3v) is 5.89. The van der Waals surface area contributed by atoms with Crippen LogP contribution in [-0.2, 0) is 13.6 Å². The largest absolute Gasteiger partial charge is 0.505 e. The first-order chi connectivity index (χ1) is 14.4. The van der Waals surface area contributed by atoms with E-state index >= 15 is 0 Å². The topological polar surface area (TPSA) is 85.4 Å². The van der Waals surface area contributed by atoms with E-state index in [1.165, 1.54) is 10.6 Å². The number of aryl methyl sites for hydroxylation is 1. The number of piperazine rings is 1. The van der Waals surface area contributed by atoms with E-state index in [9.17, 15) is 19.6 Å². The lowest BCUT2D eigenvalue weighted by Crippen LogP contribution is -2.47. The highest BCUT2D eigenvalue weighted by Gasteiger charge is 2.25. The second-order valence-corrected chi connectivity index (χ2v) is 8.02. The van der Waals surface area contributed by atoms with Gasteiger partial charge in [-0.1, -0.05) is 12.1 Å². The minimum atomic E-state index is -0.631. The number of benzene rings is 1. The van der Waals surface area contributed by atoms with Crippen molar-refractivity contribution in [2.45, 2.75) is 6.54 Å². The summed E-state index contributed by atoms with van der Waals surface area (Å²) >= 11 is 3.38. The van der Waals surface area contributed by atoms with Gasteiger partial charge >= 0.3 is 0 Å². The van der Waals surface area contributed by atoms with E-state index in [0.29, 0.717) is 59.6 Å². The smallest absolute Gasteiger partial charge is 0.270 e. The molecule has 154 valence electrons.